The first kappa shape index (κ1) is 20.5. The predicted molar refractivity (Wildman–Crippen MR) is 104 cm³/mol. The number of carbonyl (C=O) groups excluding carboxylic acids is 2. The molecule has 0 aliphatic carbocycles. The average Bonchev–Trinajstić information content (AvgIpc) is 2.67. The Balaban J connectivity index is 1.96. The molecule has 1 aliphatic heterocycles. The van der Waals surface area contributed by atoms with Gasteiger partial charge in [0.2, 0.25) is 5.91 Å². The summed E-state index contributed by atoms with van der Waals surface area (Å²) in [5, 5.41) is 6.29. The van der Waals surface area contributed by atoms with Crippen LogP contribution in [-0.4, -0.2) is 62.0 Å². The fourth-order valence-corrected chi connectivity index (χ4v) is 3.31. The van der Waals surface area contributed by atoms with Gasteiger partial charge < -0.3 is 15.5 Å². The molecule has 2 rings (SSSR count). The summed E-state index contributed by atoms with van der Waals surface area (Å²) in [6.07, 6.45) is 3.93. The van der Waals surface area contributed by atoms with E-state index in [1.807, 2.05) is 24.3 Å². The molecule has 1 fully saturated rings. The average molecular weight is 381 g/mol. The van der Waals surface area contributed by atoms with Crippen LogP contribution in [0.25, 0.3) is 0 Å². The van der Waals surface area contributed by atoms with Crippen LogP contribution in [0.4, 0.5) is 4.79 Å². The summed E-state index contributed by atoms with van der Waals surface area (Å²) in [4.78, 5) is 27.7. The van der Waals surface area contributed by atoms with Gasteiger partial charge in [-0.1, -0.05) is 30.2 Å². The van der Waals surface area contributed by atoms with E-state index >= 15 is 0 Å². The minimum absolute atomic E-state index is 0.0722. The Morgan fingerprint density at radius 1 is 1.19 bits per heavy atom. The van der Waals surface area contributed by atoms with Crippen LogP contribution in [0, 0.1) is 0 Å². The fourth-order valence-electron chi connectivity index (χ4n) is 3.19. The van der Waals surface area contributed by atoms with E-state index in [0.29, 0.717) is 24.5 Å². The van der Waals surface area contributed by atoms with Crippen molar-refractivity contribution in [2.45, 2.75) is 31.7 Å². The van der Waals surface area contributed by atoms with Crippen LogP contribution < -0.4 is 10.6 Å². The molecule has 1 atom stereocenters. The summed E-state index contributed by atoms with van der Waals surface area (Å²) < 4.78 is 0. The first-order valence-electron chi connectivity index (χ1n) is 9.20. The smallest absolute Gasteiger partial charge is 0.317 e. The molecular weight excluding hydrogens is 352 g/mol. The maximum absolute atomic E-state index is 12.4. The molecule has 1 aromatic carbocycles. The molecule has 1 saturated heterocycles. The lowest BCUT2D eigenvalue weighted by atomic mass is 10.0. The molecule has 1 aromatic rings. The summed E-state index contributed by atoms with van der Waals surface area (Å²) in [6, 6.07) is 7.82. The SMILES string of the molecule is CNC(=O)CCN(C)C(=O)NC[C@H](c1ccc(Cl)cc1)N1CCCCC1. The number of nitrogens with zero attached hydrogens (tertiary/aromatic N) is 2. The maximum Gasteiger partial charge on any atom is 0.317 e. The predicted octanol–water partition coefficient (Wildman–Crippen LogP) is 2.64. The number of benzene rings is 1. The molecule has 0 aromatic heterocycles. The Labute approximate surface area is 160 Å². The summed E-state index contributed by atoms with van der Waals surface area (Å²) in [5.74, 6) is -0.0722. The van der Waals surface area contributed by atoms with Gasteiger partial charge in [-0.25, -0.2) is 4.79 Å². The molecule has 1 aliphatic rings. The molecule has 3 amide bonds. The van der Waals surface area contributed by atoms with Crippen LogP contribution >= 0.6 is 11.6 Å². The summed E-state index contributed by atoms with van der Waals surface area (Å²) >= 11 is 6.02. The van der Waals surface area contributed by atoms with Crippen LogP contribution in [0.3, 0.4) is 0 Å². The topological polar surface area (TPSA) is 64.7 Å². The molecule has 1 heterocycles. The number of rotatable bonds is 7. The highest BCUT2D eigenvalue weighted by molar-refractivity contribution is 6.30. The highest BCUT2D eigenvalue weighted by Crippen LogP contribution is 2.25. The number of nitrogens with one attached hydrogen (secondary N) is 2. The van der Waals surface area contributed by atoms with Crippen molar-refractivity contribution < 1.29 is 9.59 Å². The van der Waals surface area contributed by atoms with E-state index in [9.17, 15) is 9.59 Å². The van der Waals surface area contributed by atoms with E-state index in [1.165, 1.54) is 19.3 Å². The zero-order valence-electron chi connectivity index (χ0n) is 15.6. The third kappa shape index (κ3) is 6.18. The zero-order chi connectivity index (χ0) is 18.9. The van der Waals surface area contributed by atoms with Gasteiger partial charge in [-0.05, 0) is 43.6 Å². The van der Waals surface area contributed by atoms with E-state index in [-0.39, 0.29) is 18.0 Å². The fraction of sp³-hybridized carbons (Fsp3) is 0.579. The Morgan fingerprint density at radius 2 is 1.85 bits per heavy atom. The first-order valence-corrected chi connectivity index (χ1v) is 9.58. The van der Waals surface area contributed by atoms with Crippen molar-refractivity contribution in [1.82, 2.24) is 20.4 Å². The molecule has 2 N–H and O–H groups in total. The minimum Gasteiger partial charge on any atom is -0.359 e. The van der Waals surface area contributed by atoms with Gasteiger partial charge in [0.15, 0.2) is 0 Å². The van der Waals surface area contributed by atoms with E-state index in [4.69, 9.17) is 11.6 Å². The quantitative estimate of drug-likeness (QED) is 0.764. The number of carbonyl (C=O) groups is 2. The van der Waals surface area contributed by atoms with Crippen LogP contribution in [0.5, 0.6) is 0 Å². The van der Waals surface area contributed by atoms with E-state index < -0.39 is 0 Å². The van der Waals surface area contributed by atoms with Gasteiger partial charge in [0, 0.05) is 38.6 Å². The van der Waals surface area contributed by atoms with Gasteiger partial charge in [-0.3, -0.25) is 9.69 Å². The number of piperidine rings is 1. The number of likely N-dealkylation sites (tertiary alicyclic amines) is 1. The van der Waals surface area contributed by atoms with Crippen LogP contribution in [0.2, 0.25) is 5.02 Å². The van der Waals surface area contributed by atoms with Gasteiger partial charge in [-0.2, -0.15) is 0 Å². The lowest BCUT2D eigenvalue weighted by Gasteiger charge is -2.35. The standard InChI is InChI=1S/C19H29ClN4O2/c1-21-18(25)10-13-23(2)19(26)22-14-17(24-11-4-3-5-12-24)15-6-8-16(20)9-7-15/h6-9,17H,3-5,10-14H2,1-2H3,(H,21,25)(H,22,26)/t17-/m1/s1. The van der Waals surface area contributed by atoms with Gasteiger partial charge in [0.25, 0.3) is 0 Å². The van der Waals surface area contributed by atoms with E-state index in [2.05, 4.69) is 15.5 Å². The van der Waals surface area contributed by atoms with Crippen molar-refractivity contribution >= 4 is 23.5 Å². The van der Waals surface area contributed by atoms with Gasteiger partial charge in [0.05, 0.1) is 6.04 Å². The normalized spacial score (nSPS) is 16.0. The molecule has 0 saturated carbocycles. The van der Waals surface area contributed by atoms with E-state index in [0.717, 1.165) is 18.7 Å². The van der Waals surface area contributed by atoms with Crippen molar-refractivity contribution in [2.24, 2.45) is 0 Å². The van der Waals surface area contributed by atoms with Crippen molar-refractivity contribution in [1.29, 1.82) is 0 Å². The number of hydrogen-bond acceptors (Lipinski definition) is 3. The van der Waals surface area contributed by atoms with Gasteiger partial charge in [0.1, 0.15) is 0 Å². The highest BCUT2D eigenvalue weighted by atomic mass is 35.5. The molecule has 7 heteroatoms. The lowest BCUT2D eigenvalue weighted by molar-refractivity contribution is -0.120. The second-order valence-electron chi connectivity index (χ2n) is 6.69. The van der Waals surface area contributed by atoms with Gasteiger partial charge in [-0.15, -0.1) is 0 Å². The summed E-state index contributed by atoms with van der Waals surface area (Å²) in [7, 11) is 3.30. The molecule has 0 radical (unpaired) electrons. The van der Waals surface area contributed by atoms with Gasteiger partial charge >= 0.3 is 6.03 Å². The Hall–Kier alpha value is -1.79. The second-order valence-corrected chi connectivity index (χ2v) is 7.13. The molecule has 0 unspecified atom stereocenters. The molecular formula is C19H29ClN4O2. The van der Waals surface area contributed by atoms with Crippen LogP contribution in [0.1, 0.15) is 37.3 Å². The molecule has 144 valence electrons. The molecule has 6 nitrogen and oxygen atoms in total. The summed E-state index contributed by atoms with van der Waals surface area (Å²) in [6.45, 7) is 3.00. The Bertz CT molecular complexity index is 588. The van der Waals surface area contributed by atoms with Crippen LogP contribution in [-0.2, 0) is 4.79 Å². The Kier molecular flexibility index (Phi) is 8.19. The molecule has 0 bridgehead atoms. The molecule has 26 heavy (non-hydrogen) atoms. The largest absolute Gasteiger partial charge is 0.359 e. The number of amides is 3. The number of halogens is 1. The van der Waals surface area contributed by atoms with Crippen molar-refractivity contribution in [2.75, 3.05) is 40.3 Å². The third-order valence-electron chi connectivity index (χ3n) is 4.83. The number of hydrogen-bond donors (Lipinski definition) is 2. The Morgan fingerprint density at radius 3 is 2.46 bits per heavy atom. The highest BCUT2D eigenvalue weighted by Gasteiger charge is 2.23. The monoisotopic (exact) mass is 380 g/mol. The van der Waals surface area contributed by atoms with Crippen LogP contribution in [0.15, 0.2) is 24.3 Å². The van der Waals surface area contributed by atoms with Crippen molar-refractivity contribution in [3.05, 3.63) is 34.9 Å². The van der Waals surface area contributed by atoms with Crippen molar-refractivity contribution in [3.8, 4) is 0 Å². The molecule has 0 spiro atoms. The lowest BCUT2D eigenvalue weighted by Crippen LogP contribution is -2.44. The van der Waals surface area contributed by atoms with Crippen molar-refractivity contribution in [3.63, 3.8) is 0 Å². The second kappa shape index (κ2) is 10.4. The number of urea groups is 1. The first-order chi connectivity index (χ1) is 12.5. The maximum atomic E-state index is 12.4. The van der Waals surface area contributed by atoms with E-state index in [1.54, 1.807) is 19.0 Å². The third-order valence-corrected chi connectivity index (χ3v) is 5.08. The minimum atomic E-state index is -0.162. The zero-order valence-corrected chi connectivity index (χ0v) is 16.4. The summed E-state index contributed by atoms with van der Waals surface area (Å²) in [5.41, 5.74) is 1.16.